The van der Waals surface area contributed by atoms with Crippen molar-refractivity contribution in [1.82, 2.24) is 5.32 Å². The molecular weight excluding hydrogens is 346 g/mol. The predicted octanol–water partition coefficient (Wildman–Crippen LogP) is 4.37. The fraction of sp³-hybridized carbons (Fsp3) is 0.409. The quantitative estimate of drug-likeness (QED) is 0.641. The molecule has 3 N–H and O–H groups in total. The van der Waals surface area contributed by atoms with Crippen LogP contribution in [0.5, 0.6) is 0 Å². The van der Waals surface area contributed by atoms with Gasteiger partial charge in [0.25, 0.3) is 0 Å². The van der Waals surface area contributed by atoms with E-state index in [0.29, 0.717) is 18.9 Å². The molecular formula is C22H28F2N2O. The molecule has 0 saturated heterocycles. The Morgan fingerprint density at radius 1 is 0.963 bits per heavy atom. The molecule has 27 heavy (non-hydrogen) atoms. The smallest absolute Gasteiger partial charge is 0.236 e. The Hall–Kier alpha value is -2.27. The Morgan fingerprint density at radius 3 is 1.89 bits per heavy atom. The second-order valence-electron chi connectivity index (χ2n) is 7.32. The summed E-state index contributed by atoms with van der Waals surface area (Å²) in [5.74, 6) is -0.339. The van der Waals surface area contributed by atoms with E-state index >= 15 is 0 Å². The third kappa shape index (κ3) is 6.75. The Kier molecular flexibility index (Phi) is 7.92. The molecule has 0 aliphatic heterocycles. The van der Waals surface area contributed by atoms with E-state index in [4.69, 9.17) is 5.73 Å². The van der Waals surface area contributed by atoms with E-state index in [1.807, 2.05) is 13.8 Å². The highest BCUT2D eigenvalue weighted by Crippen LogP contribution is 2.29. The van der Waals surface area contributed by atoms with Crippen molar-refractivity contribution in [1.29, 1.82) is 0 Å². The standard InChI is InChI=1S/C22H28F2N2O/c1-15(2)14-21(25)22(27)26-13-3-4-20(16-5-9-18(23)10-6-16)17-7-11-19(24)12-8-17/h5-12,15,20-21H,3-4,13-14,25H2,1-2H3,(H,26,27). The Balaban J connectivity index is 1.97. The van der Waals surface area contributed by atoms with E-state index in [9.17, 15) is 13.6 Å². The van der Waals surface area contributed by atoms with Gasteiger partial charge in [-0.1, -0.05) is 38.1 Å². The summed E-state index contributed by atoms with van der Waals surface area (Å²) in [6.45, 7) is 4.58. The summed E-state index contributed by atoms with van der Waals surface area (Å²) in [5, 5.41) is 2.88. The van der Waals surface area contributed by atoms with Crippen LogP contribution in [0.15, 0.2) is 48.5 Å². The van der Waals surface area contributed by atoms with Gasteiger partial charge in [0, 0.05) is 12.5 Å². The fourth-order valence-electron chi connectivity index (χ4n) is 3.18. The van der Waals surface area contributed by atoms with Crippen molar-refractivity contribution in [2.45, 2.75) is 45.1 Å². The summed E-state index contributed by atoms with van der Waals surface area (Å²) in [5.41, 5.74) is 7.82. The number of carbonyl (C=O) groups excluding carboxylic acids is 1. The van der Waals surface area contributed by atoms with Crippen molar-refractivity contribution in [3.63, 3.8) is 0 Å². The molecule has 1 amide bonds. The van der Waals surface area contributed by atoms with Gasteiger partial charge in [-0.2, -0.15) is 0 Å². The van der Waals surface area contributed by atoms with E-state index < -0.39 is 6.04 Å². The lowest BCUT2D eigenvalue weighted by atomic mass is 9.87. The number of hydrogen-bond acceptors (Lipinski definition) is 2. The van der Waals surface area contributed by atoms with Gasteiger partial charge in [-0.05, 0) is 60.6 Å². The molecule has 1 atom stereocenters. The van der Waals surface area contributed by atoms with Crippen LogP contribution in [-0.4, -0.2) is 18.5 Å². The van der Waals surface area contributed by atoms with Crippen molar-refractivity contribution in [2.24, 2.45) is 11.7 Å². The fourth-order valence-corrected chi connectivity index (χ4v) is 3.18. The summed E-state index contributed by atoms with van der Waals surface area (Å²) in [7, 11) is 0. The Morgan fingerprint density at radius 2 is 1.44 bits per heavy atom. The van der Waals surface area contributed by atoms with Crippen LogP contribution in [0.25, 0.3) is 0 Å². The average Bonchev–Trinajstić information content (AvgIpc) is 2.63. The zero-order chi connectivity index (χ0) is 19.8. The summed E-state index contributed by atoms with van der Waals surface area (Å²) in [4.78, 5) is 12.0. The van der Waals surface area contributed by atoms with Gasteiger partial charge in [0.2, 0.25) is 5.91 Å². The molecule has 0 aliphatic rings. The van der Waals surface area contributed by atoms with Crippen LogP contribution in [-0.2, 0) is 4.79 Å². The first-order chi connectivity index (χ1) is 12.9. The highest BCUT2D eigenvalue weighted by Gasteiger charge is 2.16. The molecule has 1 unspecified atom stereocenters. The minimum absolute atomic E-state index is 0.00689. The molecule has 0 fully saturated rings. The maximum atomic E-state index is 13.3. The molecule has 146 valence electrons. The molecule has 0 radical (unpaired) electrons. The van der Waals surface area contributed by atoms with Crippen molar-refractivity contribution in [3.05, 3.63) is 71.3 Å². The van der Waals surface area contributed by atoms with Crippen LogP contribution in [0, 0.1) is 17.6 Å². The number of nitrogens with one attached hydrogen (secondary N) is 1. The maximum absolute atomic E-state index is 13.3. The van der Waals surface area contributed by atoms with E-state index in [1.165, 1.54) is 24.3 Å². The van der Waals surface area contributed by atoms with E-state index in [-0.39, 0.29) is 23.5 Å². The summed E-state index contributed by atoms with van der Waals surface area (Å²) < 4.78 is 26.5. The van der Waals surface area contributed by atoms with Crippen molar-refractivity contribution in [2.75, 3.05) is 6.54 Å². The normalized spacial score (nSPS) is 12.4. The molecule has 2 rings (SSSR count). The lowest BCUT2D eigenvalue weighted by Crippen LogP contribution is -2.41. The number of amides is 1. The van der Waals surface area contributed by atoms with E-state index in [0.717, 1.165) is 24.0 Å². The zero-order valence-corrected chi connectivity index (χ0v) is 15.9. The monoisotopic (exact) mass is 374 g/mol. The van der Waals surface area contributed by atoms with Gasteiger partial charge >= 0.3 is 0 Å². The number of hydrogen-bond donors (Lipinski definition) is 2. The van der Waals surface area contributed by atoms with E-state index in [2.05, 4.69) is 5.32 Å². The molecule has 0 aliphatic carbocycles. The second kappa shape index (κ2) is 10.2. The third-order valence-electron chi connectivity index (χ3n) is 4.58. The zero-order valence-electron chi connectivity index (χ0n) is 15.9. The van der Waals surface area contributed by atoms with Crippen LogP contribution in [0.2, 0.25) is 0 Å². The highest BCUT2D eigenvalue weighted by molar-refractivity contribution is 5.81. The number of halogens is 2. The Labute approximate surface area is 160 Å². The summed E-state index contributed by atoms with van der Waals surface area (Å²) in [6.07, 6.45) is 2.14. The number of benzene rings is 2. The van der Waals surface area contributed by atoms with Gasteiger partial charge in [-0.3, -0.25) is 4.79 Å². The minimum atomic E-state index is -0.491. The van der Waals surface area contributed by atoms with Crippen LogP contribution >= 0.6 is 0 Å². The highest BCUT2D eigenvalue weighted by atomic mass is 19.1. The second-order valence-corrected chi connectivity index (χ2v) is 7.32. The van der Waals surface area contributed by atoms with Crippen molar-refractivity contribution >= 4 is 5.91 Å². The summed E-state index contributed by atoms with van der Waals surface area (Å²) >= 11 is 0. The molecule has 0 bridgehead atoms. The van der Waals surface area contributed by atoms with Gasteiger partial charge in [-0.15, -0.1) is 0 Å². The van der Waals surface area contributed by atoms with Crippen molar-refractivity contribution in [3.8, 4) is 0 Å². The van der Waals surface area contributed by atoms with Crippen LogP contribution in [0.4, 0.5) is 8.78 Å². The van der Waals surface area contributed by atoms with Crippen LogP contribution in [0.1, 0.15) is 50.2 Å². The van der Waals surface area contributed by atoms with Gasteiger partial charge in [0.15, 0.2) is 0 Å². The molecule has 2 aromatic carbocycles. The van der Waals surface area contributed by atoms with Gasteiger partial charge in [0.1, 0.15) is 11.6 Å². The van der Waals surface area contributed by atoms with Gasteiger partial charge in [-0.25, -0.2) is 8.78 Å². The number of nitrogens with two attached hydrogens (primary N) is 1. The maximum Gasteiger partial charge on any atom is 0.236 e. The predicted molar refractivity (Wildman–Crippen MR) is 104 cm³/mol. The SMILES string of the molecule is CC(C)CC(N)C(=O)NCCCC(c1ccc(F)cc1)c1ccc(F)cc1. The molecule has 0 aromatic heterocycles. The summed E-state index contributed by atoms with van der Waals surface area (Å²) in [6, 6.07) is 12.2. The first-order valence-corrected chi connectivity index (χ1v) is 9.41. The van der Waals surface area contributed by atoms with Gasteiger partial charge in [0.05, 0.1) is 6.04 Å². The van der Waals surface area contributed by atoms with Crippen LogP contribution in [0.3, 0.4) is 0 Å². The Bertz CT molecular complexity index is 669. The first-order valence-electron chi connectivity index (χ1n) is 9.41. The lowest BCUT2D eigenvalue weighted by Gasteiger charge is -2.19. The largest absolute Gasteiger partial charge is 0.355 e. The lowest BCUT2D eigenvalue weighted by molar-refractivity contribution is -0.122. The van der Waals surface area contributed by atoms with Gasteiger partial charge < -0.3 is 11.1 Å². The minimum Gasteiger partial charge on any atom is -0.355 e. The number of carbonyl (C=O) groups is 1. The molecule has 0 spiro atoms. The molecule has 0 heterocycles. The topological polar surface area (TPSA) is 55.1 Å². The van der Waals surface area contributed by atoms with Crippen molar-refractivity contribution < 1.29 is 13.6 Å². The van der Waals surface area contributed by atoms with E-state index in [1.54, 1.807) is 24.3 Å². The molecule has 3 nitrogen and oxygen atoms in total. The third-order valence-corrected chi connectivity index (χ3v) is 4.58. The molecule has 2 aromatic rings. The molecule has 0 saturated carbocycles. The molecule has 5 heteroatoms. The average molecular weight is 374 g/mol. The van der Waals surface area contributed by atoms with Crippen LogP contribution < -0.4 is 11.1 Å². The first kappa shape index (κ1) is 21.0. The number of rotatable bonds is 9.